The third-order valence-corrected chi connectivity index (χ3v) is 5.97. The molecule has 0 atom stereocenters. The number of nitrogens with one attached hydrogen (secondary N) is 1. The van der Waals surface area contributed by atoms with Crippen LogP contribution in [0.3, 0.4) is 0 Å². The van der Waals surface area contributed by atoms with Crippen LogP contribution in [0.2, 0.25) is 0 Å². The fourth-order valence-corrected chi connectivity index (χ4v) is 4.89. The standard InChI is InChI=1S/C24H31N5O/c1-15-11-16-7-8-18(22(30)21(16)25-14-15)19-9-10-20(27-26-19)29(6)17-12-23(2,3)28-24(4,5)13-17/h7-11,14,17,28,30H,12-13H2,1-6H3. The molecule has 30 heavy (non-hydrogen) atoms. The average Bonchev–Trinajstić information content (AvgIpc) is 2.65. The Balaban J connectivity index is 1.61. The molecule has 2 aromatic heterocycles. The number of benzene rings is 1. The second-order valence-electron chi connectivity index (χ2n) is 9.89. The van der Waals surface area contributed by atoms with Crippen molar-refractivity contribution in [3.63, 3.8) is 0 Å². The number of anilines is 1. The van der Waals surface area contributed by atoms with Crippen molar-refractivity contribution in [3.8, 4) is 17.0 Å². The summed E-state index contributed by atoms with van der Waals surface area (Å²) in [5, 5.41) is 24.3. The van der Waals surface area contributed by atoms with Crippen molar-refractivity contribution in [1.82, 2.24) is 20.5 Å². The van der Waals surface area contributed by atoms with Crippen LogP contribution >= 0.6 is 0 Å². The first-order chi connectivity index (χ1) is 14.0. The number of phenols is 1. The van der Waals surface area contributed by atoms with E-state index in [0.29, 0.717) is 22.8 Å². The van der Waals surface area contributed by atoms with Gasteiger partial charge in [-0.2, -0.15) is 0 Å². The molecule has 158 valence electrons. The molecule has 1 aliphatic rings. The Bertz CT molecular complexity index is 1060. The van der Waals surface area contributed by atoms with E-state index in [0.717, 1.165) is 29.6 Å². The van der Waals surface area contributed by atoms with E-state index < -0.39 is 0 Å². The molecular weight excluding hydrogens is 374 g/mol. The SMILES string of the molecule is Cc1cnc2c(O)c(-c3ccc(N(C)C4CC(C)(C)NC(C)(C)C4)nn3)ccc2c1. The molecular formula is C24H31N5O. The smallest absolute Gasteiger partial charge is 0.151 e. The lowest BCUT2D eigenvalue weighted by Gasteiger charge is -2.49. The number of piperidine rings is 1. The van der Waals surface area contributed by atoms with Gasteiger partial charge in [0, 0.05) is 41.3 Å². The van der Waals surface area contributed by atoms with Gasteiger partial charge in [-0.25, -0.2) is 0 Å². The van der Waals surface area contributed by atoms with Crippen molar-refractivity contribution in [2.24, 2.45) is 0 Å². The Kier molecular flexibility index (Phi) is 4.93. The number of fused-ring (bicyclic) bond motifs is 1. The number of hydrogen-bond donors (Lipinski definition) is 2. The number of phenolic OH excluding ortho intramolecular Hbond substituents is 1. The van der Waals surface area contributed by atoms with Crippen LogP contribution < -0.4 is 10.2 Å². The zero-order valence-corrected chi connectivity index (χ0v) is 18.7. The summed E-state index contributed by atoms with van der Waals surface area (Å²) >= 11 is 0. The van der Waals surface area contributed by atoms with E-state index in [-0.39, 0.29) is 16.8 Å². The summed E-state index contributed by atoms with van der Waals surface area (Å²) in [7, 11) is 2.09. The summed E-state index contributed by atoms with van der Waals surface area (Å²) in [5.74, 6) is 0.982. The molecule has 3 aromatic rings. The van der Waals surface area contributed by atoms with Gasteiger partial charge in [0.25, 0.3) is 0 Å². The Hall–Kier alpha value is -2.73. The molecule has 0 radical (unpaired) electrons. The van der Waals surface area contributed by atoms with E-state index in [1.54, 1.807) is 6.20 Å². The number of pyridine rings is 1. The summed E-state index contributed by atoms with van der Waals surface area (Å²) in [5.41, 5.74) is 3.06. The number of aromatic nitrogens is 3. The van der Waals surface area contributed by atoms with Crippen molar-refractivity contribution in [1.29, 1.82) is 0 Å². The molecule has 2 N–H and O–H groups in total. The fourth-order valence-electron chi connectivity index (χ4n) is 4.89. The van der Waals surface area contributed by atoms with Crippen LogP contribution in [0.15, 0.2) is 36.5 Å². The van der Waals surface area contributed by atoms with Crippen LogP contribution in [0.5, 0.6) is 5.75 Å². The Morgan fingerprint density at radius 2 is 1.73 bits per heavy atom. The first-order valence-corrected chi connectivity index (χ1v) is 10.5. The highest BCUT2D eigenvalue weighted by atomic mass is 16.3. The monoisotopic (exact) mass is 405 g/mol. The van der Waals surface area contributed by atoms with Crippen molar-refractivity contribution >= 4 is 16.7 Å². The summed E-state index contributed by atoms with van der Waals surface area (Å²) in [6.45, 7) is 11.0. The molecule has 6 nitrogen and oxygen atoms in total. The highest BCUT2D eigenvalue weighted by Gasteiger charge is 2.39. The molecule has 0 amide bonds. The third kappa shape index (κ3) is 3.97. The van der Waals surface area contributed by atoms with Crippen molar-refractivity contribution < 1.29 is 5.11 Å². The van der Waals surface area contributed by atoms with Crippen LogP contribution in [0.25, 0.3) is 22.2 Å². The molecule has 1 aromatic carbocycles. The van der Waals surface area contributed by atoms with E-state index in [1.807, 2.05) is 37.3 Å². The maximum atomic E-state index is 10.7. The Morgan fingerprint density at radius 3 is 2.37 bits per heavy atom. The lowest BCUT2D eigenvalue weighted by molar-refractivity contribution is 0.160. The maximum Gasteiger partial charge on any atom is 0.151 e. The van der Waals surface area contributed by atoms with E-state index >= 15 is 0 Å². The number of hydrogen-bond acceptors (Lipinski definition) is 6. The van der Waals surface area contributed by atoms with Crippen LogP contribution in [0, 0.1) is 6.92 Å². The number of aromatic hydroxyl groups is 1. The summed E-state index contributed by atoms with van der Waals surface area (Å²) in [4.78, 5) is 6.62. The molecule has 0 saturated carbocycles. The molecule has 6 heteroatoms. The first kappa shape index (κ1) is 20.5. The van der Waals surface area contributed by atoms with Gasteiger partial charge >= 0.3 is 0 Å². The number of aryl methyl sites for hydroxylation is 1. The summed E-state index contributed by atoms with van der Waals surface area (Å²) < 4.78 is 0. The summed E-state index contributed by atoms with van der Waals surface area (Å²) in [6.07, 6.45) is 3.83. The zero-order chi connectivity index (χ0) is 21.7. The number of nitrogens with zero attached hydrogens (tertiary/aromatic N) is 4. The highest BCUT2D eigenvalue weighted by molar-refractivity contribution is 5.91. The van der Waals surface area contributed by atoms with Gasteiger partial charge in [0.1, 0.15) is 5.52 Å². The van der Waals surface area contributed by atoms with Crippen molar-refractivity contribution in [2.45, 2.75) is 64.6 Å². The largest absolute Gasteiger partial charge is 0.505 e. The molecule has 0 spiro atoms. The van der Waals surface area contributed by atoms with Crippen molar-refractivity contribution in [2.75, 3.05) is 11.9 Å². The Morgan fingerprint density at radius 1 is 1.03 bits per heavy atom. The van der Waals surface area contributed by atoms with Gasteiger partial charge in [-0.3, -0.25) is 4.98 Å². The minimum absolute atomic E-state index is 0.0658. The van der Waals surface area contributed by atoms with Gasteiger partial charge < -0.3 is 15.3 Å². The Labute approximate surface area is 178 Å². The van der Waals surface area contributed by atoms with Gasteiger partial charge in [-0.05, 0) is 77.3 Å². The molecule has 4 rings (SSSR count). The van der Waals surface area contributed by atoms with Crippen LogP contribution in [-0.4, -0.2) is 44.5 Å². The lowest BCUT2D eigenvalue weighted by atomic mass is 9.79. The van der Waals surface area contributed by atoms with Crippen LogP contribution in [0.4, 0.5) is 5.82 Å². The first-order valence-electron chi connectivity index (χ1n) is 10.5. The van der Waals surface area contributed by atoms with E-state index in [1.165, 1.54) is 0 Å². The van der Waals surface area contributed by atoms with E-state index in [2.05, 4.69) is 60.1 Å². The molecule has 1 saturated heterocycles. The van der Waals surface area contributed by atoms with Crippen LogP contribution in [-0.2, 0) is 0 Å². The van der Waals surface area contributed by atoms with Crippen LogP contribution in [0.1, 0.15) is 46.1 Å². The predicted molar refractivity (Wildman–Crippen MR) is 122 cm³/mol. The van der Waals surface area contributed by atoms with Gasteiger partial charge in [0.15, 0.2) is 11.6 Å². The third-order valence-electron chi connectivity index (χ3n) is 5.97. The van der Waals surface area contributed by atoms with E-state index in [9.17, 15) is 5.11 Å². The van der Waals surface area contributed by atoms with Gasteiger partial charge in [0.05, 0.1) is 5.69 Å². The topological polar surface area (TPSA) is 74.2 Å². The average molecular weight is 406 g/mol. The van der Waals surface area contributed by atoms with E-state index in [4.69, 9.17) is 0 Å². The molecule has 0 unspecified atom stereocenters. The minimum Gasteiger partial charge on any atom is -0.505 e. The molecule has 1 aliphatic heterocycles. The minimum atomic E-state index is 0.0658. The zero-order valence-electron chi connectivity index (χ0n) is 18.7. The lowest BCUT2D eigenvalue weighted by Crippen LogP contribution is -2.62. The predicted octanol–water partition coefficient (Wildman–Crippen LogP) is 4.45. The second kappa shape index (κ2) is 7.20. The number of rotatable bonds is 3. The second-order valence-corrected chi connectivity index (χ2v) is 9.89. The highest BCUT2D eigenvalue weighted by Crippen LogP contribution is 2.35. The molecule has 3 heterocycles. The maximum absolute atomic E-state index is 10.7. The van der Waals surface area contributed by atoms with Gasteiger partial charge in [-0.1, -0.05) is 6.07 Å². The quantitative estimate of drug-likeness (QED) is 0.671. The van der Waals surface area contributed by atoms with Gasteiger partial charge in [-0.15, -0.1) is 10.2 Å². The molecule has 1 fully saturated rings. The normalized spacial score (nSPS) is 18.5. The van der Waals surface area contributed by atoms with Crippen molar-refractivity contribution in [3.05, 3.63) is 42.1 Å². The molecule has 0 aliphatic carbocycles. The van der Waals surface area contributed by atoms with Gasteiger partial charge in [0.2, 0.25) is 0 Å². The fraction of sp³-hybridized carbons (Fsp3) is 0.458. The summed E-state index contributed by atoms with van der Waals surface area (Å²) in [6, 6.07) is 10.1. The molecule has 0 bridgehead atoms.